The lowest BCUT2D eigenvalue weighted by Crippen LogP contribution is -2.53. The molecule has 0 bridgehead atoms. The van der Waals surface area contributed by atoms with Crippen molar-refractivity contribution in [2.45, 2.75) is 71.8 Å². The van der Waals surface area contributed by atoms with Crippen LogP contribution in [0.3, 0.4) is 0 Å². The van der Waals surface area contributed by atoms with Gasteiger partial charge in [0.1, 0.15) is 5.78 Å². The molecule has 6 atom stereocenters. The van der Waals surface area contributed by atoms with E-state index in [0.717, 1.165) is 32.1 Å². The van der Waals surface area contributed by atoms with Gasteiger partial charge < -0.3 is 5.11 Å². The third-order valence-corrected chi connectivity index (χ3v) is 7.97. The molecule has 23 heavy (non-hydrogen) atoms. The van der Waals surface area contributed by atoms with Crippen molar-refractivity contribution >= 4 is 5.78 Å². The van der Waals surface area contributed by atoms with Gasteiger partial charge in [-0.1, -0.05) is 37.1 Å². The lowest BCUT2D eigenvalue weighted by atomic mass is 9.47. The van der Waals surface area contributed by atoms with Gasteiger partial charge in [-0.05, 0) is 68.1 Å². The van der Waals surface area contributed by atoms with Crippen molar-refractivity contribution in [1.29, 1.82) is 0 Å². The van der Waals surface area contributed by atoms with E-state index in [4.69, 9.17) is 0 Å². The molecule has 0 aromatic rings. The highest BCUT2D eigenvalue weighted by Gasteiger charge is 2.60. The molecule has 1 N–H and O–H groups in total. The minimum absolute atomic E-state index is 0.0131. The fraction of sp³-hybridized carbons (Fsp3) is 0.762. The van der Waals surface area contributed by atoms with Crippen molar-refractivity contribution < 1.29 is 9.90 Å². The van der Waals surface area contributed by atoms with Gasteiger partial charge in [-0.15, -0.1) is 0 Å². The van der Waals surface area contributed by atoms with E-state index in [2.05, 4.69) is 32.9 Å². The maximum atomic E-state index is 13.3. The Labute approximate surface area is 140 Å². The first-order chi connectivity index (χ1) is 10.9. The van der Waals surface area contributed by atoms with E-state index in [1.807, 2.05) is 0 Å². The molecule has 0 radical (unpaired) electrons. The Morgan fingerprint density at radius 3 is 2.78 bits per heavy atom. The number of Topliss-reactive ketones (excluding diaryl/α,β-unsaturated/α-hetero) is 1. The zero-order valence-electron chi connectivity index (χ0n) is 14.8. The van der Waals surface area contributed by atoms with Gasteiger partial charge in [0.2, 0.25) is 0 Å². The van der Waals surface area contributed by atoms with Crippen molar-refractivity contribution in [3.63, 3.8) is 0 Å². The molecular formula is C21H30O2. The molecule has 2 heteroatoms. The zero-order valence-corrected chi connectivity index (χ0v) is 14.8. The predicted molar refractivity (Wildman–Crippen MR) is 91.9 cm³/mol. The normalized spacial score (nSPS) is 51.0. The Morgan fingerprint density at radius 1 is 1.26 bits per heavy atom. The van der Waals surface area contributed by atoms with Crippen LogP contribution in [0.5, 0.6) is 0 Å². The Hall–Kier alpha value is -0.890. The first-order valence-corrected chi connectivity index (χ1v) is 9.46. The molecule has 4 rings (SSSR count). The smallest absolute Gasteiger partial charge is 0.138 e. The monoisotopic (exact) mass is 314 g/mol. The highest BCUT2D eigenvalue weighted by atomic mass is 16.3. The van der Waals surface area contributed by atoms with E-state index < -0.39 is 0 Å². The van der Waals surface area contributed by atoms with Crippen LogP contribution in [0.1, 0.15) is 65.7 Å². The maximum Gasteiger partial charge on any atom is 0.138 e. The van der Waals surface area contributed by atoms with Crippen LogP contribution < -0.4 is 0 Å². The molecule has 4 aliphatic rings. The van der Waals surface area contributed by atoms with E-state index in [1.54, 1.807) is 0 Å². The quantitative estimate of drug-likeness (QED) is 0.671. The lowest BCUT2D eigenvalue weighted by Gasteiger charge is -2.56. The van der Waals surface area contributed by atoms with Crippen LogP contribution in [0.2, 0.25) is 0 Å². The standard InChI is InChI=1S/C21H30O2/c1-4-13-6-8-17-16-7-5-14-11-15(22)9-10-20(14,2)19(16)18(23)12-21(13,17)3/h4-5,15-17,19,22H,6-12H2,1-3H3/b13-4-/t15-,16-,17-,19+,20-,21+/m0/s1. The average molecular weight is 314 g/mol. The second-order valence-corrected chi connectivity index (χ2v) is 8.94. The van der Waals surface area contributed by atoms with Gasteiger partial charge in [0.05, 0.1) is 6.10 Å². The second-order valence-electron chi connectivity index (χ2n) is 8.94. The lowest BCUT2D eigenvalue weighted by molar-refractivity contribution is -0.141. The molecule has 3 saturated carbocycles. The van der Waals surface area contributed by atoms with Gasteiger partial charge in [-0.2, -0.15) is 0 Å². The molecule has 0 unspecified atom stereocenters. The van der Waals surface area contributed by atoms with Crippen molar-refractivity contribution in [1.82, 2.24) is 0 Å². The Kier molecular flexibility index (Phi) is 3.43. The van der Waals surface area contributed by atoms with Gasteiger partial charge in [0.15, 0.2) is 0 Å². The largest absolute Gasteiger partial charge is 0.393 e. The van der Waals surface area contributed by atoms with Gasteiger partial charge >= 0.3 is 0 Å². The van der Waals surface area contributed by atoms with Crippen molar-refractivity contribution in [3.8, 4) is 0 Å². The second kappa shape index (κ2) is 5.05. The highest BCUT2D eigenvalue weighted by Crippen LogP contribution is 2.64. The summed E-state index contributed by atoms with van der Waals surface area (Å²) in [6.07, 6.45) is 11.3. The third kappa shape index (κ3) is 2.00. The maximum absolute atomic E-state index is 13.3. The number of rotatable bonds is 0. The van der Waals surface area contributed by atoms with Gasteiger partial charge in [-0.25, -0.2) is 0 Å². The summed E-state index contributed by atoms with van der Waals surface area (Å²) >= 11 is 0. The number of carbonyl (C=O) groups excluding carboxylic acids is 1. The van der Waals surface area contributed by atoms with Crippen LogP contribution in [-0.2, 0) is 4.79 Å². The molecule has 0 aliphatic heterocycles. The first-order valence-electron chi connectivity index (χ1n) is 9.46. The number of hydrogen-bond donors (Lipinski definition) is 1. The molecule has 4 aliphatic carbocycles. The van der Waals surface area contributed by atoms with Crippen molar-refractivity contribution in [2.75, 3.05) is 0 Å². The molecule has 0 amide bonds. The summed E-state index contributed by atoms with van der Waals surface area (Å²) in [5.41, 5.74) is 3.02. The summed E-state index contributed by atoms with van der Waals surface area (Å²) in [5, 5.41) is 10.0. The molecule has 0 aromatic carbocycles. The fourth-order valence-corrected chi connectivity index (χ4v) is 6.80. The van der Waals surface area contributed by atoms with Crippen LogP contribution in [-0.4, -0.2) is 17.0 Å². The number of hydrogen-bond acceptors (Lipinski definition) is 2. The summed E-state index contributed by atoms with van der Waals surface area (Å²) in [5.74, 6) is 1.88. The van der Waals surface area contributed by atoms with Gasteiger partial charge in [0, 0.05) is 12.3 Å². The number of aliphatic hydroxyl groups excluding tert-OH is 1. The number of aliphatic hydroxyl groups is 1. The first kappa shape index (κ1) is 15.6. The average Bonchev–Trinajstić information content (AvgIpc) is 2.83. The molecule has 0 spiro atoms. The van der Waals surface area contributed by atoms with E-state index in [-0.39, 0.29) is 22.9 Å². The topological polar surface area (TPSA) is 37.3 Å². The van der Waals surface area contributed by atoms with Crippen LogP contribution in [0, 0.1) is 28.6 Å². The van der Waals surface area contributed by atoms with Crippen molar-refractivity contribution in [3.05, 3.63) is 23.3 Å². The van der Waals surface area contributed by atoms with E-state index in [0.29, 0.717) is 17.6 Å². The van der Waals surface area contributed by atoms with Gasteiger partial charge in [-0.3, -0.25) is 4.79 Å². The summed E-state index contributed by atoms with van der Waals surface area (Å²) in [6.45, 7) is 6.80. The Bertz CT molecular complexity index is 601. The molecule has 0 aromatic heterocycles. The summed E-state index contributed by atoms with van der Waals surface area (Å²) < 4.78 is 0. The molecule has 0 heterocycles. The van der Waals surface area contributed by atoms with Crippen LogP contribution >= 0.6 is 0 Å². The predicted octanol–water partition coefficient (Wildman–Crippen LogP) is 4.44. The van der Waals surface area contributed by atoms with Crippen LogP contribution in [0.15, 0.2) is 23.3 Å². The van der Waals surface area contributed by atoms with Crippen LogP contribution in [0.25, 0.3) is 0 Å². The highest BCUT2D eigenvalue weighted by molar-refractivity contribution is 5.85. The minimum Gasteiger partial charge on any atom is -0.393 e. The Balaban J connectivity index is 1.75. The van der Waals surface area contributed by atoms with Crippen LogP contribution in [0.4, 0.5) is 0 Å². The summed E-state index contributed by atoms with van der Waals surface area (Å²) in [7, 11) is 0. The molecule has 0 saturated heterocycles. The minimum atomic E-state index is -0.198. The summed E-state index contributed by atoms with van der Waals surface area (Å²) in [6, 6.07) is 0. The molecule has 126 valence electrons. The summed E-state index contributed by atoms with van der Waals surface area (Å²) in [4.78, 5) is 13.3. The molecular weight excluding hydrogens is 284 g/mol. The Morgan fingerprint density at radius 2 is 2.04 bits per heavy atom. The number of fused-ring (bicyclic) bond motifs is 5. The van der Waals surface area contributed by atoms with E-state index in [1.165, 1.54) is 24.0 Å². The number of carbonyl (C=O) groups is 1. The fourth-order valence-electron chi connectivity index (χ4n) is 6.80. The van der Waals surface area contributed by atoms with Gasteiger partial charge in [0.25, 0.3) is 0 Å². The third-order valence-electron chi connectivity index (χ3n) is 7.97. The van der Waals surface area contributed by atoms with E-state index in [9.17, 15) is 9.90 Å². The molecule has 2 nitrogen and oxygen atoms in total. The SMILES string of the molecule is C/C=C1/CC[C@H]2[C@@H]3CC=C4C[C@@H](O)CC[C@]4(C)[C@H]3C(=O)C[C@]12C. The number of ketones is 1. The van der Waals surface area contributed by atoms with E-state index >= 15 is 0 Å². The number of allylic oxidation sites excluding steroid dienone is 3. The zero-order chi connectivity index (χ0) is 16.4. The molecule has 3 fully saturated rings. The van der Waals surface area contributed by atoms with Crippen molar-refractivity contribution in [2.24, 2.45) is 28.6 Å².